The number of likely N-dealkylation sites (tertiary alicyclic amines) is 1. The Balaban J connectivity index is 1.40. The first-order valence-electron chi connectivity index (χ1n) is 8.30. The molecule has 0 N–H and O–H groups in total. The molecule has 1 aromatic heterocycles. The zero-order valence-electron chi connectivity index (χ0n) is 13.1. The summed E-state index contributed by atoms with van der Waals surface area (Å²) in [5.74, 6) is 0.945. The fourth-order valence-electron chi connectivity index (χ4n) is 3.24. The van der Waals surface area contributed by atoms with Gasteiger partial charge in [0.05, 0.1) is 18.3 Å². The third-order valence-electron chi connectivity index (χ3n) is 4.56. The SMILES string of the molecule is N#Cc1ccc(N2CCC(OCCN3CCCCC3)C2)nc1. The molecule has 2 saturated heterocycles. The van der Waals surface area contributed by atoms with Crippen LogP contribution in [-0.4, -0.2) is 55.3 Å². The van der Waals surface area contributed by atoms with Crippen molar-refractivity contribution < 1.29 is 4.74 Å². The van der Waals surface area contributed by atoms with E-state index in [9.17, 15) is 0 Å². The maximum Gasteiger partial charge on any atom is 0.128 e. The van der Waals surface area contributed by atoms with Gasteiger partial charge in [-0.15, -0.1) is 0 Å². The van der Waals surface area contributed by atoms with Gasteiger partial charge in [-0.1, -0.05) is 6.42 Å². The summed E-state index contributed by atoms with van der Waals surface area (Å²) in [5.41, 5.74) is 0.609. The minimum atomic E-state index is 0.308. The van der Waals surface area contributed by atoms with Gasteiger partial charge >= 0.3 is 0 Å². The second kappa shape index (κ2) is 7.57. The molecule has 118 valence electrons. The van der Waals surface area contributed by atoms with E-state index in [2.05, 4.69) is 20.9 Å². The van der Waals surface area contributed by atoms with Gasteiger partial charge in [0.2, 0.25) is 0 Å². The molecule has 0 spiro atoms. The average molecular weight is 300 g/mol. The molecule has 3 heterocycles. The lowest BCUT2D eigenvalue weighted by Crippen LogP contribution is -2.34. The summed E-state index contributed by atoms with van der Waals surface area (Å²) in [5, 5.41) is 8.81. The van der Waals surface area contributed by atoms with Crippen LogP contribution >= 0.6 is 0 Å². The van der Waals surface area contributed by atoms with Crippen LogP contribution in [0, 0.1) is 11.3 Å². The minimum Gasteiger partial charge on any atom is -0.375 e. The number of rotatable bonds is 5. The summed E-state index contributed by atoms with van der Waals surface area (Å²) in [6, 6.07) is 5.85. The normalized spacial score (nSPS) is 22.7. The van der Waals surface area contributed by atoms with Gasteiger partial charge in [0.15, 0.2) is 0 Å². The maximum absolute atomic E-state index is 8.81. The lowest BCUT2D eigenvalue weighted by atomic mass is 10.1. The highest BCUT2D eigenvalue weighted by molar-refractivity contribution is 5.42. The lowest BCUT2D eigenvalue weighted by Gasteiger charge is -2.26. The molecule has 0 bridgehead atoms. The predicted molar refractivity (Wildman–Crippen MR) is 85.8 cm³/mol. The fraction of sp³-hybridized carbons (Fsp3) is 0.647. The van der Waals surface area contributed by atoms with E-state index in [-0.39, 0.29) is 0 Å². The first kappa shape index (κ1) is 15.3. The smallest absolute Gasteiger partial charge is 0.128 e. The molecule has 0 aliphatic carbocycles. The van der Waals surface area contributed by atoms with Gasteiger partial charge in [-0.2, -0.15) is 5.26 Å². The first-order valence-corrected chi connectivity index (χ1v) is 8.30. The van der Waals surface area contributed by atoms with E-state index in [0.717, 1.165) is 38.5 Å². The number of nitriles is 1. The number of nitrogens with zero attached hydrogens (tertiary/aromatic N) is 4. The molecule has 0 saturated carbocycles. The Hall–Kier alpha value is -1.64. The monoisotopic (exact) mass is 300 g/mol. The van der Waals surface area contributed by atoms with Crippen LogP contribution < -0.4 is 4.90 Å². The lowest BCUT2D eigenvalue weighted by molar-refractivity contribution is 0.0467. The zero-order chi connectivity index (χ0) is 15.2. The summed E-state index contributed by atoms with van der Waals surface area (Å²) in [7, 11) is 0. The Labute approximate surface area is 132 Å². The van der Waals surface area contributed by atoms with E-state index in [1.165, 1.54) is 32.4 Å². The third kappa shape index (κ3) is 3.96. The molecule has 3 rings (SSSR count). The second-order valence-corrected chi connectivity index (χ2v) is 6.15. The molecule has 2 aliphatic heterocycles. The number of hydrogen-bond donors (Lipinski definition) is 0. The van der Waals surface area contributed by atoms with Crippen molar-refractivity contribution in [1.82, 2.24) is 9.88 Å². The van der Waals surface area contributed by atoms with Gasteiger partial charge in [0.1, 0.15) is 11.9 Å². The summed E-state index contributed by atoms with van der Waals surface area (Å²) in [4.78, 5) is 9.11. The van der Waals surface area contributed by atoms with E-state index < -0.39 is 0 Å². The molecule has 5 heteroatoms. The number of piperidine rings is 1. The van der Waals surface area contributed by atoms with Gasteiger partial charge in [-0.3, -0.25) is 0 Å². The molecule has 1 unspecified atom stereocenters. The summed E-state index contributed by atoms with van der Waals surface area (Å²) in [6.07, 6.45) is 7.05. The van der Waals surface area contributed by atoms with Crippen molar-refractivity contribution in [2.24, 2.45) is 0 Å². The van der Waals surface area contributed by atoms with E-state index in [0.29, 0.717) is 11.7 Å². The number of aromatic nitrogens is 1. The molecular weight excluding hydrogens is 276 g/mol. The molecule has 0 aromatic carbocycles. The molecule has 5 nitrogen and oxygen atoms in total. The highest BCUT2D eigenvalue weighted by Crippen LogP contribution is 2.20. The Kier molecular flexibility index (Phi) is 5.25. The van der Waals surface area contributed by atoms with Crippen LogP contribution in [0.3, 0.4) is 0 Å². The van der Waals surface area contributed by atoms with Crippen molar-refractivity contribution in [3.8, 4) is 6.07 Å². The van der Waals surface area contributed by atoms with Crippen molar-refractivity contribution in [2.45, 2.75) is 31.8 Å². The van der Waals surface area contributed by atoms with Gasteiger partial charge < -0.3 is 14.5 Å². The van der Waals surface area contributed by atoms with E-state index in [4.69, 9.17) is 10.00 Å². The van der Waals surface area contributed by atoms with Crippen LogP contribution in [0.15, 0.2) is 18.3 Å². The van der Waals surface area contributed by atoms with Gasteiger partial charge in [-0.25, -0.2) is 4.98 Å². The van der Waals surface area contributed by atoms with Crippen molar-refractivity contribution in [3.05, 3.63) is 23.9 Å². The predicted octanol–water partition coefficient (Wildman–Crippen LogP) is 2.03. The first-order chi connectivity index (χ1) is 10.8. The highest BCUT2D eigenvalue weighted by atomic mass is 16.5. The van der Waals surface area contributed by atoms with Crippen molar-refractivity contribution in [2.75, 3.05) is 44.2 Å². The van der Waals surface area contributed by atoms with Crippen LogP contribution in [0.4, 0.5) is 5.82 Å². The molecule has 2 aliphatic rings. The Bertz CT molecular complexity index is 504. The van der Waals surface area contributed by atoms with Crippen molar-refractivity contribution in [3.63, 3.8) is 0 Å². The Morgan fingerprint density at radius 2 is 2.09 bits per heavy atom. The molecule has 22 heavy (non-hydrogen) atoms. The van der Waals surface area contributed by atoms with Gasteiger partial charge in [0.25, 0.3) is 0 Å². The summed E-state index contributed by atoms with van der Waals surface area (Å²) >= 11 is 0. The Morgan fingerprint density at radius 1 is 1.23 bits per heavy atom. The number of ether oxygens (including phenoxy) is 1. The van der Waals surface area contributed by atoms with Crippen molar-refractivity contribution in [1.29, 1.82) is 5.26 Å². The van der Waals surface area contributed by atoms with Crippen LogP contribution in [0.2, 0.25) is 0 Å². The molecule has 1 atom stereocenters. The van der Waals surface area contributed by atoms with E-state index in [1.807, 2.05) is 12.1 Å². The summed E-state index contributed by atoms with van der Waals surface area (Å²) in [6.45, 7) is 6.24. The van der Waals surface area contributed by atoms with E-state index >= 15 is 0 Å². The average Bonchev–Trinajstić information content (AvgIpc) is 3.05. The summed E-state index contributed by atoms with van der Waals surface area (Å²) < 4.78 is 6.04. The van der Waals surface area contributed by atoms with Gasteiger partial charge in [0, 0.05) is 25.8 Å². The quantitative estimate of drug-likeness (QED) is 0.833. The molecular formula is C17H24N4O. The van der Waals surface area contributed by atoms with Crippen LogP contribution in [-0.2, 0) is 4.74 Å². The standard InChI is InChI=1S/C17H24N4O/c18-12-15-4-5-17(19-13-15)21-9-6-16(14-21)22-11-10-20-7-2-1-3-8-20/h4-5,13,16H,1-3,6-11,14H2. The largest absolute Gasteiger partial charge is 0.375 e. The highest BCUT2D eigenvalue weighted by Gasteiger charge is 2.24. The van der Waals surface area contributed by atoms with Crippen LogP contribution in [0.25, 0.3) is 0 Å². The van der Waals surface area contributed by atoms with Gasteiger partial charge in [-0.05, 0) is 44.5 Å². The maximum atomic E-state index is 8.81. The van der Waals surface area contributed by atoms with E-state index in [1.54, 1.807) is 6.20 Å². The van der Waals surface area contributed by atoms with Crippen LogP contribution in [0.1, 0.15) is 31.2 Å². The Morgan fingerprint density at radius 3 is 2.82 bits per heavy atom. The number of pyridine rings is 1. The zero-order valence-corrected chi connectivity index (χ0v) is 13.1. The number of anilines is 1. The second-order valence-electron chi connectivity index (χ2n) is 6.15. The van der Waals surface area contributed by atoms with Crippen LogP contribution in [0.5, 0.6) is 0 Å². The fourth-order valence-corrected chi connectivity index (χ4v) is 3.24. The third-order valence-corrected chi connectivity index (χ3v) is 4.56. The van der Waals surface area contributed by atoms with Crippen molar-refractivity contribution >= 4 is 5.82 Å². The molecule has 0 amide bonds. The molecule has 0 radical (unpaired) electrons. The molecule has 2 fully saturated rings. The molecule has 1 aromatic rings. The minimum absolute atomic E-state index is 0.308. The number of hydrogen-bond acceptors (Lipinski definition) is 5. The topological polar surface area (TPSA) is 52.4 Å².